The Labute approximate surface area is 140 Å². The van der Waals surface area contributed by atoms with Gasteiger partial charge in [0.15, 0.2) is 0 Å². The van der Waals surface area contributed by atoms with Gasteiger partial charge >= 0.3 is 0 Å². The zero-order chi connectivity index (χ0) is 17.0. The molecule has 23 heavy (non-hydrogen) atoms. The molecule has 2 rings (SSSR count). The van der Waals surface area contributed by atoms with E-state index in [0.29, 0.717) is 6.61 Å². The van der Waals surface area contributed by atoms with E-state index in [1.54, 1.807) is 0 Å². The van der Waals surface area contributed by atoms with Crippen LogP contribution in [0.15, 0.2) is 30.3 Å². The summed E-state index contributed by atoms with van der Waals surface area (Å²) in [6.07, 6.45) is 0. The summed E-state index contributed by atoms with van der Waals surface area (Å²) in [6, 6.07) is 8.23. The number of amides is 1. The van der Waals surface area contributed by atoms with Gasteiger partial charge in [-0.1, -0.05) is 35.4 Å². The number of rotatable bonds is 5. The van der Waals surface area contributed by atoms with Crippen LogP contribution >= 0.6 is 11.6 Å². The highest BCUT2D eigenvalue weighted by molar-refractivity contribution is 6.33. The summed E-state index contributed by atoms with van der Waals surface area (Å²) in [7, 11) is 0. The zero-order valence-corrected chi connectivity index (χ0v) is 14.1. The third-order valence-electron chi connectivity index (χ3n) is 3.43. The topological polar surface area (TPSA) is 38.3 Å². The summed E-state index contributed by atoms with van der Waals surface area (Å²) in [4.78, 5) is 12.0. The quantitative estimate of drug-likeness (QED) is 0.831. The molecule has 0 spiro atoms. The van der Waals surface area contributed by atoms with Crippen molar-refractivity contribution >= 4 is 17.5 Å². The van der Waals surface area contributed by atoms with Gasteiger partial charge in [-0.3, -0.25) is 4.79 Å². The summed E-state index contributed by atoms with van der Waals surface area (Å²) in [6.45, 7) is 6.54. The lowest BCUT2D eigenvalue weighted by molar-refractivity contribution is 0.0943. The molecule has 2 aromatic rings. The molecular weight excluding hydrogens is 317 g/mol. The van der Waals surface area contributed by atoms with Crippen LogP contribution in [-0.2, 0) is 0 Å². The van der Waals surface area contributed by atoms with Crippen LogP contribution in [0.25, 0.3) is 0 Å². The number of halogens is 2. The minimum atomic E-state index is -0.638. The lowest BCUT2D eigenvalue weighted by Crippen LogP contribution is -2.29. The van der Waals surface area contributed by atoms with Crippen molar-refractivity contribution in [2.24, 2.45) is 0 Å². The third kappa shape index (κ3) is 4.23. The van der Waals surface area contributed by atoms with E-state index in [1.165, 1.54) is 23.8 Å². The SMILES string of the molecule is Cc1cc(C)c(OCCNC(=O)c2c(F)cccc2Cl)c(C)c1. The lowest BCUT2D eigenvalue weighted by atomic mass is 10.1. The maximum absolute atomic E-state index is 13.6. The van der Waals surface area contributed by atoms with E-state index in [-0.39, 0.29) is 17.1 Å². The molecule has 3 nitrogen and oxygen atoms in total. The van der Waals surface area contributed by atoms with Crippen molar-refractivity contribution in [2.75, 3.05) is 13.2 Å². The standard InChI is InChI=1S/C18H19ClFNO2/c1-11-9-12(2)17(13(3)10-11)23-8-7-21-18(22)16-14(19)5-4-6-15(16)20/h4-6,9-10H,7-8H2,1-3H3,(H,21,22). The first-order valence-corrected chi connectivity index (χ1v) is 7.71. The molecule has 0 radical (unpaired) electrons. The van der Waals surface area contributed by atoms with Crippen molar-refractivity contribution in [1.82, 2.24) is 5.32 Å². The smallest absolute Gasteiger partial charge is 0.255 e. The number of nitrogens with one attached hydrogen (secondary N) is 1. The Bertz CT molecular complexity index is 688. The van der Waals surface area contributed by atoms with Gasteiger partial charge in [-0.05, 0) is 44.0 Å². The van der Waals surface area contributed by atoms with Crippen LogP contribution in [0.1, 0.15) is 27.0 Å². The van der Waals surface area contributed by atoms with Crippen LogP contribution in [0.2, 0.25) is 5.02 Å². The molecule has 5 heteroatoms. The molecule has 122 valence electrons. The van der Waals surface area contributed by atoms with Gasteiger partial charge in [0.1, 0.15) is 18.2 Å². The third-order valence-corrected chi connectivity index (χ3v) is 3.74. The van der Waals surface area contributed by atoms with Crippen molar-refractivity contribution in [3.05, 3.63) is 63.4 Å². The molecule has 1 amide bonds. The number of aryl methyl sites for hydroxylation is 3. The summed E-state index contributed by atoms with van der Waals surface area (Å²) >= 11 is 5.86. The first-order chi connectivity index (χ1) is 10.9. The zero-order valence-electron chi connectivity index (χ0n) is 13.4. The Morgan fingerprint density at radius 2 is 1.87 bits per heavy atom. The van der Waals surface area contributed by atoms with E-state index in [4.69, 9.17) is 16.3 Å². The molecule has 0 saturated carbocycles. The molecule has 2 aromatic carbocycles. The van der Waals surface area contributed by atoms with Gasteiger partial charge in [-0.2, -0.15) is 0 Å². The molecule has 0 saturated heterocycles. The van der Waals surface area contributed by atoms with Crippen LogP contribution in [0.4, 0.5) is 4.39 Å². The van der Waals surface area contributed by atoms with E-state index in [0.717, 1.165) is 16.9 Å². The van der Waals surface area contributed by atoms with Crippen molar-refractivity contribution in [2.45, 2.75) is 20.8 Å². The van der Waals surface area contributed by atoms with Crippen molar-refractivity contribution in [3.8, 4) is 5.75 Å². The minimum absolute atomic E-state index is 0.0913. The highest BCUT2D eigenvalue weighted by Gasteiger charge is 2.15. The van der Waals surface area contributed by atoms with Crippen LogP contribution in [-0.4, -0.2) is 19.1 Å². The number of hydrogen-bond acceptors (Lipinski definition) is 2. The lowest BCUT2D eigenvalue weighted by Gasteiger charge is -2.14. The normalized spacial score (nSPS) is 10.5. The first-order valence-electron chi connectivity index (χ1n) is 7.33. The predicted octanol–water partition coefficient (Wildman–Crippen LogP) is 4.21. The number of ether oxygens (including phenoxy) is 1. The second kappa shape index (κ2) is 7.47. The second-order valence-electron chi connectivity index (χ2n) is 5.43. The maximum Gasteiger partial charge on any atom is 0.255 e. The fourth-order valence-corrected chi connectivity index (χ4v) is 2.76. The van der Waals surface area contributed by atoms with Crippen LogP contribution in [0.3, 0.4) is 0 Å². The Hall–Kier alpha value is -2.07. The summed E-state index contributed by atoms with van der Waals surface area (Å²) in [5.74, 6) is -0.371. The molecular formula is C18H19ClFNO2. The molecule has 0 atom stereocenters. The summed E-state index contributed by atoms with van der Waals surface area (Å²) < 4.78 is 19.4. The van der Waals surface area contributed by atoms with Crippen LogP contribution in [0.5, 0.6) is 5.75 Å². The van der Waals surface area contributed by atoms with Crippen molar-refractivity contribution in [3.63, 3.8) is 0 Å². The van der Waals surface area contributed by atoms with Gasteiger partial charge in [0.05, 0.1) is 17.1 Å². The van der Waals surface area contributed by atoms with Gasteiger partial charge in [-0.15, -0.1) is 0 Å². The van der Waals surface area contributed by atoms with Gasteiger partial charge in [0.25, 0.3) is 5.91 Å². The average molecular weight is 336 g/mol. The molecule has 0 heterocycles. The number of benzene rings is 2. The van der Waals surface area contributed by atoms with E-state index < -0.39 is 11.7 Å². The van der Waals surface area contributed by atoms with E-state index >= 15 is 0 Å². The predicted molar refractivity (Wildman–Crippen MR) is 89.9 cm³/mol. The molecule has 1 N–H and O–H groups in total. The minimum Gasteiger partial charge on any atom is -0.491 e. The molecule has 0 bridgehead atoms. The first kappa shape index (κ1) is 17.3. The molecule has 0 aliphatic rings. The monoisotopic (exact) mass is 335 g/mol. The Morgan fingerprint density at radius 1 is 1.22 bits per heavy atom. The second-order valence-corrected chi connectivity index (χ2v) is 5.84. The highest BCUT2D eigenvalue weighted by Crippen LogP contribution is 2.24. The van der Waals surface area contributed by atoms with Crippen LogP contribution in [0, 0.1) is 26.6 Å². The van der Waals surface area contributed by atoms with Gasteiger partial charge in [0, 0.05) is 0 Å². The number of hydrogen-bond donors (Lipinski definition) is 1. The summed E-state index contributed by atoms with van der Waals surface area (Å²) in [5, 5.41) is 2.70. The molecule has 0 aliphatic carbocycles. The summed E-state index contributed by atoms with van der Waals surface area (Å²) in [5.41, 5.74) is 3.13. The molecule has 0 fully saturated rings. The molecule has 0 unspecified atom stereocenters. The van der Waals surface area contributed by atoms with Crippen LogP contribution < -0.4 is 10.1 Å². The largest absolute Gasteiger partial charge is 0.491 e. The van der Waals surface area contributed by atoms with Crippen molar-refractivity contribution < 1.29 is 13.9 Å². The number of carbonyl (C=O) groups is 1. The van der Waals surface area contributed by atoms with E-state index in [9.17, 15) is 9.18 Å². The highest BCUT2D eigenvalue weighted by atomic mass is 35.5. The number of carbonyl (C=O) groups excluding carboxylic acids is 1. The molecule has 0 aromatic heterocycles. The average Bonchev–Trinajstić information content (AvgIpc) is 2.45. The van der Waals surface area contributed by atoms with Gasteiger partial charge < -0.3 is 10.1 Å². The van der Waals surface area contributed by atoms with E-state index in [2.05, 4.69) is 5.32 Å². The Kier molecular flexibility index (Phi) is 5.61. The fraction of sp³-hybridized carbons (Fsp3) is 0.278. The fourth-order valence-electron chi connectivity index (χ4n) is 2.52. The van der Waals surface area contributed by atoms with Gasteiger partial charge in [-0.25, -0.2) is 4.39 Å². The Morgan fingerprint density at radius 3 is 2.48 bits per heavy atom. The van der Waals surface area contributed by atoms with Crippen molar-refractivity contribution in [1.29, 1.82) is 0 Å². The Balaban J connectivity index is 1.92. The molecule has 0 aliphatic heterocycles. The van der Waals surface area contributed by atoms with E-state index in [1.807, 2.05) is 32.9 Å². The van der Waals surface area contributed by atoms with Gasteiger partial charge in [0.2, 0.25) is 0 Å². The maximum atomic E-state index is 13.6.